The maximum absolute atomic E-state index is 5.67. The molecule has 0 amide bonds. The van der Waals surface area contributed by atoms with Gasteiger partial charge in [0.05, 0.1) is 0 Å². The topological polar surface area (TPSA) is 26.0 Å². The van der Waals surface area contributed by atoms with Crippen LogP contribution in [0.25, 0.3) is 0 Å². The molecule has 0 aromatic rings. The number of hydrogen-bond acceptors (Lipinski definition) is 1. The third kappa shape index (κ3) is 5.42. The molecule has 1 nitrogen and oxygen atoms in total. The molecule has 0 aliphatic rings. The van der Waals surface area contributed by atoms with Gasteiger partial charge in [0.25, 0.3) is 0 Å². The van der Waals surface area contributed by atoms with Crippen molar-refractivity contribution < 1.29 is 0 Å². The lowest BCUT2D eigenvalue weighted by atomic mass is 10.1. The number of nitrogens with two attached hydrogens (primary N) is 1. The van der Waals surface area contributed by atoms with Gasteiger partial charge in [-0.25, -0.2) is 0 Å². The maximum Gasteiger partial charge on any atom is 0.00456 e. The smallest absolute Gasteiger partial charge is 0.00456 e. The zero-order chi connectivity index (χ0) is 7.98. The zero-order valence-corrected chi connectivity index (χ0v) is 6.93. The maximum atomic E-state index is 5.67. The third-order valence-electron chi connectivity index (χ3n) is 1.19. The quantitative estimate of drug-likeness (QED) is 0.595. The average Bonchev–Trinajstić information content (AvgIpc) is 1.82. The second-order valence-electron chi connectivity index (χ2n) is 2.90. The Morgan fingerprint density at radius 2 is 2.20 bits per heavy atom. The summed E-state index contributed by atoms with van der Waals surface area (Å²) in [7, 11) is 0. The molecule has 0 aliphatic carbocycles. The van der Waals surface area contributed by atoms with E-state index in [1.54, 1.807) is 0 Å². The summed E-state index contributed by atoms with van der Waals surface area (Å²) in [6.45, 7) is 7.93. The summed E-state index contributed by atoms with van der Waals surface area (Å²) in [5, 5.41) is 0. The van der Waals surface area contributed by atoms with E-state index in [9.17, 15) is 0 Å². The Bertz CT molecular complexity index is 123. The molecule has 0 saturated heterocycles. The van der Waals surface area contributed by atoms with E-state index in [1.807, 2.05) is 12.2 Å². The van der Waals surface area contributed by atoms with Gasteiger partial charge < -0.3 is 5.73 Å². The summed E-state index contributed by atoms with van der Waals surface area (Å²) in [5.41, 5.74) is 6.66. The van der Waals surface area contributed by atoms with Crippen molar-refractivity contribution in [3.63, 3.8) is 0 Å². The van der Waals surface area contributed by atoms with Gasteiger partial charge in [0.1, 0.15) is 0 Å². The molecule has 0 spiro atoms. The predicted octanol–water partition coefficient (Wildman–Crippen LogP) is 2.45. The SMILES string of the molecule is C=CC/C=C(/N)CC(C)C. The molecule has 0 atom stereocenters. The summed E-state index contributed by atoms with van der Waals surface area (Å²) in [4.78, 5) is 0. The van der Waals surface area contributed by atoms with Gasteiger partial charge in [-0.1, -0.05) is 26.0 Å². The fraction of sp³-hybridized carbons (Fsp3) is 0.556. The van der Waals surface area contributed by atoms with E-state index in [2.05, 4.69) is 20.4 Å². The van der Waals surface area contributed by atoms with E-state index in [-0.39, 0.29) is 0 Å². The molecule has 0 aromatic carbocycles. The molecule has 0 aromatic heterocycles. The van der Waals surface area contributed by atoms with Crippen LogP contribution in [-0.4, -0.2) is 0 Å². The van der Waals surface area contributed by atoms with Crippen molar-refractivity contribution in [3.05, 3.63) is 24.4 Å². The minimum absolute atomic E-state index is 0.654. The van der Waals surface area contributed by atoms with Crippen LogP contribution in [0.15, 0.2) is 24.4 Å². The van der Waals surface area contributed by atoms with Crippen molar-refractivity contribution in [3.8, 4) is 0 Å². The molecule has 0 aliphatic heterocycles. The van der Waals surface area contributed by atoms with E-state index < -0.39 is 0 Å². The Balaban J connectivity index is 3.59. The number of rotatable bonds is 4. The van der Waals surface area contributed by atoms with E-state index in [0.717, 1.165) is 18.5 Å². The Morgan fingerprint density at radius 3 is 2.60 bits per heavy atom. The van der Waals surface area contributed by atoms with Crippen LogP contribution >= 0.6 is 0 Å². The normalized spacial score (nSPS) is 12.1. The first-order valence-corrected chi connectivity index (χ1v) is 3.72. The summed E-state index contributed by atoms with van der Waals surface area (Å²) >= 11 is 0. The fourth-order valence-corrected chi connectivity index (χ4v) is 0.789. The standard InChI is InChI=1S/C9H17N/c1-4-5-6-9(10)7-8(2)3/h4,6,8H,1,5,7,10H2,2-3H3/b9-6+. The molecule has 0 radical (unpaired) electrons. The van der Waals surface area contributed by atoms with Crippen LogP contribution in [0.5, 0.6) is 0 Å². The van der Waals surface area contributed by atoms with Crippen molar-refractivity contribution in [2.75, 3.05) is 0 Å². The monoisotopic (exact) mass is 139 g/mol. The van der Waals surface area contributed by atoms with Crippen LogP contribution < -0.4 is 5.73 Å². The summed E-state index contributed by atoms with van der Waals surface area (Å²) in [6, 6.07) is 0. The van der Waals surface area contributed by atoms with E-state index >= 15 is 0 Å². The van der Waals surface area contributed by atoms with Crippen LogP contribution in [0.3, 0.4) is 0 Å². The first-order valence-electron chi connectivity index (χ1n) is 3.72. The molecule has 0 heterocycles. The van der Waals surface area contributed by atoms with Crippen LogP contribution in [0.1, 0.15) is 26.7 Å². The second kappa shape index (κ2) is 5.10. The molecule has 0 saturated carbocycles. The third-order valence-corrected chi connectivity index (χ3v) is 1.19. The van der Waals surface area contributed by atoms with E-state index in [4.69, 9.17) is 5.73 Å². The van der Waals surface area contributed by atoms with E-state index in [1.165, 1.54) is 0 Å². The lowest BCUT2D eigenvalue weighted by Crippen LogP contribution is -2.00. The van der Waals surface area contributed by atoms with Crippen LogP contribution in [0, 0.1) is 5.92 Å². The van der Waals surface area contributed by atoms with Gasteiger partial charge in [0.2, 0.25) is 0 Å². The van der Waals surface area contributed by atoms with Gasteiger partial charge in [-0.05, 0) is 18.8 Å². The second-order valence-corrected chi connectivity index (χ2v) is 2.90. The van der Waals surface area contributed by atoms with Crippen LogP contribution in [0.4, 0.5) is 0 Å². The molecular weight excluding hydrogens is 122 g/mol. The van der Waals surface area contributed by atoms with Gasteiger partial charge in [-0.3, -0.25) is 0 Å². The van der Waals surface area contributed by atoms with Gasteiger partial charge in [0, 0.05) is 5.70 Å². The first kappa shape index (κ1) is 9.28. The molecular formula is C9H17N. The number of hydrogen-bond donors (Lipinski definition) is 1. The molecule has 0 rings (SSSR count). The molecule has 58 valence electrons. The molecule has 1 heteroatoms. The average molecular weight is 139 g/mol. The van der Waals surface area contributed by atoms with Gasteiger partial charge in [-0.15, -0.1) is 6.58 Å². The van der Waals surface area contributed by atoms with Crippen molar-refractivity contribution in [1.29, 1.82) is 0 Å². The lowest BCUT2D eigenvalue weighted by molar-refractivity contribution is 0.637. The highest BCUT2D eigenvalue weighted by atomic mass is 14.6. The van der Waals surface area contributed by atoms with Crippen molar-refractivity contribution in [2.24, 2.45) is 11.7 Å². The Kier molecular flexibility index (Phi) is 4.73. The molecule has 10 heavy (non-hydrogen) atoms. The molecule has 0 fully saturated rings. The first-order chi connectivity index (χ1) is 4.66. The minimum atomic E-state index is 0.654. The minimum Gasteiger partial charge on any atom is -0.402 e. The molecule has 0 unspecified atom stereocenters. The Hall–Kier alpha value is -0.720. The predicted molar refractivity (Wildman–Crippen MR) is 46.5 cm³/mol. The highest BCUT2D eigenvalue weighted by Crippen LogP contribution is 2.05. The van der Waals surface area contributed by atoms with Crippen LogP contribution in [0.2, 0.25) is 0 Å². The van der Waals surface area contributed by atoms with Crippen molar-refractivity contribution >= 4 is 0 Å². The van der Waals surface area contributed by atoms with Gasteiger partial charge >= 0.3 is 0 Å². The summed E-state index contributed by atoms with van der Waals surface area (Å²) in [6.07, 6.45) is 5.76. The zero-order valence-electron chi connectivity index (χ0n) is 6.93. The van der Waals surface area contributed by atoms with Crippen molar-refractivity contribution in [2.45, 2.75) is 26.7 Å². The van der Waals surface area contributed by atoms with E-state index in [0.29, 0.717) is 5.92 Å². The number of allylic oxidation sites excluding steroid dienone is 3. The van der Waals surface area contributed by atoms with Crippen LogP contribution in [-0.2, 0) is 0 Å². The van der Waals surface area contributed by atoms with Crippen molar-refractivity contribution in [1.82, 2.24) is 0 Å². The molecule has 2 N–H and O–H groups in total. The summed E-state index contributed by atoms with van der Waals surface area (Å²) in [5.74, 6) is 0.654. The van der Waals surface area contributed by atoms with Gasteiger partial charge in [-0.2, -0.15) is 0 Å². The Morgan fingerprint density at radius 1 is 1.60 bits per heavy atom. The van der Waals surface area contributed by atoms with Gasteiger partial charge in [0.15, 0.2) is 0 Å². The lowest BCUT2D eigenvalue weighted by Gasteiger charge is -2.03. The summed E-state index contributed by atoms with van der Waals surface area (Å²) < 4.78 is 0. The largest absolute Gasteiger partial charge is 0.402 e. The molecule has 0 bridgehead atoms. The Labute approximate surface area is 63.6 Å². The highest BCUT2D eigenvalue weighted by molar-refractivity contribution is 4.99. The highest BCUT2D eigenvalue weighted by Gasteiger charge is 1.93. The fourth-order valence-electron chi connectivity index (χ4n) is 0.789.